The normalized spacial score (nSPS) is 14.6. The predicted molar refractivity (Wildman–Crippen MR) is 137 cm³/mol. The van der Waals surface area contributed by atoms with E-state index in [-0.39, 0.29) is 23.6 Å². The highest BCUT2D eigenvalue weighted by Gasteiger charge is 2.37. The van der Waals surface area contributed by atoms with E-state index in [4.69, 9.17) is 27.9 Å². The van der Waals surface area contributed by atoms with Crippen molar-refractivity contribution in [2.75, 3.05) is 16.8 Å². The zero-order valence-corrected chi connectivity index (χ0v) is 20.4. The molecule has 0 aromatic heterocycles. The third kappa shape index (κ3) is 5.40. The molecule has 8 nitrogen and oxygen atoms in total. The monoisotopic (exact) mass is 523 g/mol. The van der Waals surface area contributed by atoms with Crippen LogP contribution in [0, 0.1) is 6.92 Å². The van der Waals surface area contributed by atoms with Crippen LogP contribution in [0.4, 0.5) is 16.2 Å². The number of hydrogen-bond acceptors (Lipinski definition) is 5. The number of carbonyl (C=O) groups excluding carboxylic acids is 4. The molecule has 1 aliphatic rings. The molecule has 0 aliphatic carbocycles. The maximum absolute atomic E-state index is 13.2. The first-order valence-electron chi connectivity index (χ1n) is 10.7. The lowest BCUT2D eigenvalue weighted by Crippen LogP contribution is -2.54. The maximum atomic E-state index is 13.2. The number of hydrogen-bond donors (Lipinski definition) is 2. The van der Waals surface area contributed by atoms with Crippen LogP contribution in [0.3, 0.4) is 0 Å². The van der Waals surface area contributed by atoms with E-state index in [0.29, 0.717) is 21.3 Å². The number of imide groups is 2. The summed E-state index contributed by atoms with van der Waals surface area (Å²) < 4.78 is 5.64. The second-order valence-corrected chi connectivity index (χ2v) is 8.56. The molecule has 36 heavy (non-hydrogen) atoms. The van der Waals surface area contributed by atoms with Crippen molar-refractivity contribution in [3.8, 4) is 5.75 Å². The fourth-order valence-electron chi connectivity index (χ4n) is 3.39. The number of ether oxygens (including phenoxy) is 1. The van der Waals surface area contributed by atoms with Gasteiger partial charge in [-0.25, -0.2) is 9.69 Å². The maximum Gasteiger partial charge on any atom is 0.335 e. The second-order valence-electron chi connectivity index (χ2n) is 7.75. The summed E-state index contributed by atoms with van der Waals surface area (Å²) in [6, 6.07) is 17.1. The van der Waals surface area contributed by atoms with Gasteiger partial charge in [0, 0.05) is 10.6 Å². The van der Waals surface area contributed by atoms with Crippen molar-refractivity contribution in [1.29, 1.82) is 0 Å². The topological polar surface area (TPSA) is 105 Å². The van der Waals surface area contributed by atoms with E-state index in [2.05, 4.69) is 10.6 Å². The lowest BCUT2D eigenvalue weighted by atomic mass is 10.1. The SMILES string of the molecule is Cc1ccc(N2C(=O)NC(=O)/C(=C\c3ccccc3OCC(=O)Nc3ccccc3Cl)C2=O)cc1Cl. The zero-order valence-electron chi connectivity index (χ0n) is 18.9. The van der Waals surface area contributed by atoms with Gasteiger partial charge in [0.25, 0.3) is 17.7 Å². The number of amides is 5. The van der Waals surface area contributed by atoms with Gasteiger partial charge in [0.1, 0.15) is 11.3 Å². The molecule has 182 valence electrons. The number of barbiturate groups is 1. The summed E-state index contributed by atoms with van der Waals surface area (Å²) >= 11 is 12.2. The number of anilines is 2. The number of carbonyl (C=O) groups is 4. The van der Waals surface area contributed by atoms with Crippen LogP contribution >= 0.6 is 23.2 Å². The van der Waals surface area contributed by atoms with Gasteiger partial charge in [0.2, 0.25) is 0 Å². The van der Waals surface area contributed by atoms with Gasteiger partial charge in [-0.2, -0.15) is 0 Å². The van der Waals surface area contributed by atoms with Crippen LogP contribution in [0.2, 0.25) is 10.0 Å². The average molecular weight is 524 g/mol. The molecule has 1 saturated heterocycles. The first-order chi connectivity index (χ1) is 17.2. The highest BCUT2D eigenvalue weighted by molar-refractivity contribution is 6.39. The Bertz CT molecular complexity index is 1420. The molecule has 1 aliphatic heterocycles. The van der Waals surface area contributed by atoms with E-state index in [1.54, 1.807) is 67.6 Å². The molecule has 0 radical (unpaired) electrons. The van der Waals surface area contributed by atoms with Crippen molar-refractivity contribution in [3.05, 3.63) is 93.5 Å². The number of halogens is 2. The third-order valence-corrected chi connectivity index (χ3v) is 5.98. The minimum Gasteiger partial charge on any atom is -0.483 e. The van der Waals surface area contributed by atoms with Crippen LogP contribution < -0.4 is 20.3 Å². The highest BCUT2D eigenvalue weighted by Crippen LogP contribution is 2.28. The van der Waals surface area contributed by atoms with Gasteiger partial charge in [0.15, 0.2) is 6.61 Å². The van der Waals surface area contributed by atoms with Crippen LogP contribution in [0.15, 0.2) is 72.3 Å². The van der Waals surface area contributed by atoms with Crippen LogP contribution in [0.25, 0.3) is 6.08 Å². The van der Waals surface area contributed by atoms with E-state index >= 15 is 0 Å². The molecular formula is C26H19Cl2N3O5. The van der Waals surface area contributed by atoms with Gasteiger partial charge in [-0.1, -0.05) is 59.6 Å². The Balaban J connectivity index is 1.56. The Hall–Kier alpha value is -4.14. The number of aryl methyl sites for hydroxylation is 1. The van der Waals surface area contributed by atoms with Crippen molar-refractivity contribution in [2.24, 2.45) is 0 Å². The van der Waals surface area contributed by atoms with Crippen LogP contribution in [-0.4, -0.2) is 30.4 Å². The number of rotatable bonds is 6. The van der Waals surface area contributed by atoms with Gasteiger partial charge in [-0.05, 0) is 48.9 Å². The van der Waals surface area contributed by atoms with Crippen LogP contribution in [-0.2, 0) is 14.4 Å². The van der Waals surface area contributed by atoms with E-state index < -0.39 is 23.8 Å². The number of para-hydroxylation sites is 2. The molecule has 5 amide bonds. The molecule has 0 atom stereocenters. The van der Waals surface area contributed by atoms with Gasteiger partial charge in [-0.3, -0.25) is 19.7 Å². The number of nitrogens with one attached hydrogen (secondary N) is 2. The molecule has 1 fully saturated rings. The summed E-state index contributed by atoms with van der Waals surface area (Å²) in [5.41, 5.74) is 1.49. The molecule has 3 aromatic carbocycles. The second kappa shape index (κ2) is 10.6. The van der Waals surface area contributed by atoms with Crippen LogP contribution in [0.5, 0.6) is 5.75 Å². The highest BCUT2D eigenvalue weighted by atomic mass is 35.5. The summed E-state index contributed by atoms with van der Waals surface area (Å²) in [5.74, 6) is -1.88. The Morgan fingerprint density at radius 1 is 1.00 bits per heavy atom. The van der Waals surface area contributed by atoms with Crippen molar-refractivity contribution in [2.45, 2.75) is 6.92 Å². The van der Waals surface area contributed by atoms with Crippen molar-refractivity contribution in [1.82, 2.24) is 5.32 Å². The summed E-state index contributed by atoms with van der Waals surface area (Å²) in [6.07, 6.45) is 1.30. The van der Waals surface area contributed by atoms with Crippen molar-refractivity contribution >= 4 is 64.4 Å². The quantitative estimate of drug-likeness (QED) is 0.350. The Morgan fingerprint density at radius 2 is 1.72 bits per heavy atom. The number of urea groups is 1. The zero-order chi connectivity index (χ0) is 25.8. The predicted octanol–water partition coefficient (Wildman–Crippen LogP) is 4.99. The fourth-order valence-corrected chi connectivity index (χ4v) is 3.75. The standard InChI is InChI=1S/C26H19Cl2N3O5/c1-15-10-11-17(13-20(15)28)31-25(34)18(24(33)30-26(31)35)12-16-6-2-5-9-22(16)36-14-23(32)29-21-8-4-3-7-19(21)27/h2-13H,14H2,1H3,(H,29,32)(H,30,33,35)/b18-12+. The smallest absolute Gasteiger partial charge is 0.335 e. The molecule has 0 spiro atoms. The van der Waals surface area contributed by atoms with E-state index in [1.807, 2.05) is 0 Å². The number of nitrogens with zero attached hydrogens (tertiary/aromatic N) is 1. The molecular weight excluding hydrogens is 505 g/mol. The molecule has 0 unspecified atom stereocenters. The van der Waals surface area contributed by atoms with Gasteiger partial charge >= 0.3 is 6.03 Å². The average Bonchev–Trinajstić information content (AvgIpc) is 2.84. The first-order valence-corrected chi connectivity index (χ1v) is 11.4. The Labute approximate surface area is 216 Å². The van der Waals surface area contributed by atoms with E-state index in [9.17, 15) is 19.2 Å². The summed E-state index contributed by atoms with van der Waals surface area (Å²) in [4.78, 5) is 51.3. The molecule has 10 heteroatoms. The van der Waals surface area contributed by atoms with E-state index in [0.717, 1.165) is 10.5 Å². The first kappa shape index (κ1) is 25.0. The van der Waals surface area contributed by atoms with Gasteiger partial charge < -0.3 is 10.1 Å². The summed E-state index contributed by atoms with van der Waals surface area (Å²) in [5, 5.41) is 5.56. The van der Waals surface area contributed by atoms with Crippen molar-refractivity contribution in [3.63, 3.8) is 0 Å². The lowest BCUT2D eigenvalue weighted by Gasteiger charge is -2.26. The largest absolute Gasteiger partial charge is 0.483 e. The lowest BCUT2D eigenvalue weighted by molar-refractivity contribution is -0.122. The Morgan fingerprint density at radius 3 is 2.47 bits per heavy atom. The Kier molecular flexibility index (Phi) is 7.38. The molecule has 1 heterocycles. The molecule has 0 saturated carbocycles. The van der Waals surface area contributed by atoms with Gasteiger partial charge in [-0.15, -0.1) is 0 Å². The molecule has 3 aromatic rings. The molecule has 0 bridgehead atoms. The minimum atomic E-state index is -0.886. The summed E-state index contributed by atoms with van der Waals surface area (Å²) in [7, 11) is 0. The van der Waals surface area contributed by atoms with Crippen molar-refractivity contribution < 1.29 is 23.9 Å². The summed E-state index contributed by atoms with van der Waals surface area (Å²) in [6.45, 7) is 1.43. The third-order valence-electron chi connectivity index (χ3n) is 5.24. The molecule has 2 N–H and O–H groups in total. The number of benzene rings is 3. The van der Waals surface area contributed by atoms with Crippen LogP contribution in [0.1, 0.15) is 11.1 Å². The molecule has 4 rings (SSSR count). The van der Waals surface area contributed by atoms with Gasteiger partial charge in [0.05, 0.1) is 16.4 Å². The fraction of sp³-hybridized carbons (Fsp3) is 0.0769. The van der Waals surface area contributed by atoms with E-state index in [1.165, 1.54) is 12.1 Å². The minimum absolute atomic E-state index is 0.215.